The van der Waals surface area contributed by atoms with E-state index in [1.54, 1.807) is 31.5 Å². The molecular weight excluding hydrogens is 270 g/mol. The van der Waals surface area contributed by atoms with Gasteiger partial charge in [0, 0.05) is 18.0 Å². The first-order chi connectivity index (χ1) is 10.1. The van der Waals surface area contributed by atoms with Crippen LogP contribution in [0.5, 0.6) is 0 Å². The van der Waals surface area contributed by atoms with Crippen molar-refractivity contribution in [3.63, 3.8) is 0 Å². The fraction of sp³-hybridized carbons (Fsp3) is 0.467. The highest BCUT2D eigenvalue weighted by atomic mass is 16.5. The van der Waals surface area contributed by atoms with Gasteiger partial charge >= 0.3 is 5.97 Å². The molecule has 1 unspecified atom stereocenters. The van der Waals surface area contributed by atoms with E-state index in [4.69, 9.17) is 9.26 Å². The number of hydrogen-bond acceptors (Lipinski definition) is 6. The summed E-state index contributed by atoms with van der Waals surface area (Å²) in [5, 5.41) is 3.94. The van der Waals surface area contributed by atoms with Crippen LogP contribution >= 0.6 is 0 Å². The molecule has 2 rings (SSSR count). The lowest BCUT2D eigenvalue weighted by atomic mass is 9.97. The van der Waals surface area contributed by atoms with Gasteiger partial charge in [-0.25, -0.2) is 0 Å². The van der Waals surface area contributed by atoms with Gasteiger partial charge in [-0.3, -0.25) is 9.78 Å². The molecule has 0 fully saturated rings. The van der Waals surface area contributed by atoms with E-state index in [0.717, 1.165) is 5.56 Å². The van der Waals surface area contributed by atoms with E-state index in [2.05, 4.69) is 15.1 Å². The smallest absolute Gasteiger partial charge is 0.318 e. The maximum Gasteiger partial charge on any atom is 0.318 e. The van der Waals surface area contributed by atoms with E-state index >= 15 is 0 Å². The number of esters is 1. The van der Waals surface area contributed by atoms with Crippen molar-refractivity contribution < 1.29 is 14.1 Å². The average molecular weight is 289 g/mol. The fourth-order valence-corrected chi connectivity index (χ4v) is 2.01. The van der Waals surface area contributed by atoms with Gasteiger partial charge in [0.25, 0.3) is 0 Å². The highest BCUT2D eigenvalue weighted by molar-refractivity contribution is 5.77. The van der Waals surface area contributed by atoms with Crippen LogP contribution in [0.4, 0.5) is 0 Å². The van der Waals surface area contributed by atoms with Crippen molar-refractivity contribution in [1.29, 1.82) is 0 Å². The van der Waals surface area contributed by atoms with Crippen LogP contribution in [0.1, 0.15) is 39.0 Å². The number of rotatable bonds is 6. The van der Waals surface area contributed by atoms with Gasteiger partial charge < -0.3 is 9.26 Å². The Morgan fingerprint density at radius 1 is 1.33 bits per heavy atom. The first kappa shape index (κ1) is 15.2. The second-order valence-corrected chi connectivity index (χ2v) is 5.13. The highest BCUT2D eigenvalue weighted by Crippen LogP contribution is 2.26. The zero-order valence-corrected chi connectivity index (χ0v) is 12.4. The molecule has 0 amide bonds. The van der Waals surface area contributed by atoms with Crippen molar-refractivity contribution in [3.8, 4) is 11.4 Å². The largest absolute Gasteiger partial charge is 0.465 e. The quantitative estimate of drug-likeness (QED) is 0.761. The second kappa shape index (κ2) is 6.97. The maximum absolute atomic E-state index is 12.1. The topological polar surface area (TPSA) is 78.1 Å². The Bertz CT molecular complexity index is 581. The second-order valence-electron chi connectivity index (χ2n) is 5.13. The van der Waals surface area contributed by atoms with E-state index in [1.807, 2.05) is 13.8 Å². The lowest BCUT2D eigenvalue weighted by molar-refractivity contribution is -0.146. The minimum absolute atomic E-state index is 0.300. The molecule has 0 spiro atoms. The van der Waals surface area contributed by atoms with Crippen LogP contribution in [0.3, 0.4) is 0 Å². The number of nitrogens with zero attached hydrogens (tertiary/aromatic N) is 3. The molecule has 0 aliphatic rings. The van der Waals surface area contributed by atoms with Crippen LogP contribution < -0.4 is 0 Å². The number of carbonyl (C=O) groups is 1. The summed E-state index contributed by atoms with van der Waals surface area (Å²) in [5.41, 5.74) is 0.798. The molecule has 2 aromatic rings. The molecule has 1 atom stereocenters. The Labute approximate surface area is 123 Å². The van der Waals surface area contributed by atoms with Gasteiger partial charge in [0.15, 0.2) is 0 Å². The third-order valence-corrected chi connectivity index (χ3v) is 2.96. The third kappa shape index (κ3) is 3.87. The summed E-state index contributed by atoms with van der Waals surface area (Å²) >= 11 is 0. The van der Waals surface area contributed by atoms with E-state index in [9.17, 15) is 4.79 Å². The Balaban J connectivity index is 2.25. The van der Waals surface area contributed by atoms with Gasteiger partial charge in [0.1, 0.15) is 5.92 Å². The zero-order chi connectivity index (χ0) is 15.2. The van der Waals surface area contributed by atoms with Crippen LogP contribution in [0, 0.1) is 5.92 Å². The van der Waals surface area contributed by atoms with Gasteiger partial charge in [-0.15, -0.1) is 0 Å². The molecule has 2 aromatic heterocycles. The lowest BCUT2D eigenvalue weighted by Crippen LogP contribution is -2.18. The standard InChI is InChI=1S/C15H19N3O3/c1-4-20-15(19)12(9-10(2)3)14-17-13(18-21-14)11-5-7-16-8-6-11/h5-8,10,12H,4,9H2,1-3H3. The Kier molecular flexibility index (Phi) is 5.03. The normalized spacial score (nSPS) is 12.4. The van der Waals surface area contributed by atoms with E-state index in [-0.39, 0.29) is 5.97 Å². The molecule has 2 heterocycles. The molecule has 112 valence electrons. The van der Waals surface area contributed by atoms with Crippen LogP contribution in [0.2, 0.25) is 0 Å². The first-order valence-corrected chi connectivity index (χ1v) is 7.02. The molecule has 0 bridgehead atoms. The monoisotopic (exact) mass is 289 g/mol. The van der Waals surface area contributed by atoms with E-state index < -0.39 is 5.92 Å². The van der Waals surface area contributed by atoms with Crippen molar-refractivity contribution in [2.45, 2.75) is 33.1 Å². The summed E-state index contributed by atoms with van der Waals surface area (Å²) in [5.74, 6) is 0.222. The van der Waals surface area contributed by atoms with Gasteiger partial charge in [0.05, 0.1) is 6.61 Å². The minimum Gasteiger partial charge on any atom is -0.465 e. The van der Waals surface area contributed by atoms with Crippen LogP contribution in [-0.2, 0) is 9.53 Å². The molecule has 0 N–H and O–H groups in total. The number of pyridine rings is 1. The number of hydrogen-bond donors (Lipinski definition) is 0. The van der Waals surface area contributed by atoms with Crippen LogP contribution in [0.15, 0.2) is 29.0 Å². The molecular formula is C15H19N3O3. The molecule has 0 saturated carbocycles. The van der Waals surface area contributed by atoms with Gasteiger partial charge in [-0.05, 0) is 31.4 Å². The zero-order valence-electron chi connectivity index (χ0n) is 12.4. The summed E-state index contributed by atoms with van der Waals surface area (Å²) in [4.78, 5) is 20.3. The maximum atomic E-state index is 12.1. The highest BCUT2D eigenvalue weighted by Gasteiger charge is 2.29. The summed E-state index contributed by atoms with van der Waals surface area (Å²) in [7, 11) is 0. The van der Waals surface area contributed by atoms with Gasteiger partial charge in [0.2, 0.25) is 11.7 Å². The predicted octanol–water partition coefficient (Wildman–Crippen LogP) is 2.82. The predicted molar refractivity (Wildman–Crippen MR) is 76.4 cm³/mol. The first-order valence-electron chi connectivity index (χ1n) is 7.02. The van der Waals surface area contributed by atoms with Crippen LogP contribution in [-0.4, -0.2) is 27.7 Å². The summed E-state index contributed by atoms with van der Waals surface area (Å²) in [6.07, 6.45) is 3.92. The molecule has 6 heteroatoms. The molecule has 0 saturated heterocycles. The Hall–Kier alpha value is -2.24. The third-order valence-electron chi connectivity index (χ3n) is 2.96. The molecule has 0 aromatic carbocycles. The van der Waals surface area contributed by atoms with E-state index in [0.29, 0.717) is 30.7 Å². The number of ether oxygens (including phenoxy) is 1. The lowest BCUT2D eigenvalue weighted by Gasteiger charge is -2.13. The molecule has 0 radical (unpaired) electrons. The van der Waals surface area contributed by atoms with Gasteiger partial charge in [-0.2, -0.15) is 4.98 Å². The Morgan fingerprint density at radius 2 is 2.05 bits per heavy atom. The average Bonchev–Trinajstić information content (AvgIpc) is 2.95. The molecule has 0 aliphatic heterocycles. The van der Waals surface area contributed by atoms with Crippen molar-refractivity contribution in [3.05, 3.63) is 30.4 Å². The Morgan fingerprint density at radius 3 is 2.67 bits per heavy atom. The van der Waals surface area contributed by atoms with Crippen molar-refractivity contribution in [2.75, 3.05) is 6.61 Å². The van der Waals surface area contributed by atoms with Crippen LogP contribution in [0.25, 0.3) is 11.4 Å². The summed E-state index contributed by atoms with van der Waals surface area (Å²) in [6.45, 7) is 6.18. The van der Waals surface area contributed by atoms with Crippen molar-refractivity contribution in [2.24, 2.45) is 5.92 Å². The molecule has 0 aliphatic carbocycles. The number of aromatic nitrogens is 3. The summed E-state index contributed by atoms with van der Waals surface area (Å²) in [6, 6.07) is 3.58. The van der Waals surface area contributed by atoms with E-state index in [1.165, 1.54) is 0 Å². The SMILES string of the molecule is CCOC(=O)C(CC(C)C)c1nc(-c2ccncc2)no1. The summed E-state index contributed by atoms with van der Waals surface area (Å²) < 4.78 is 10.4. The van der Waals surface area contributed by atoms with Crippen molar-refractivity contribution in [1.82, 2.24) is 15.1 Å². The minimum atomic E-state index is -0.520. The number of carbonyl (C=O) groups excluding carboxylic acids is 1. The molecule has 21 heavy (non-hydrogen) atoms. The van der Waals surface area contributed by atoms with Gasteiger partial charge in [-0.1, -0.05) is 19.0 Å². The fourth-order valence-electron chi connectivity index (χ4n) is 2.01. The van der Waals surface area contributed by atoms with Crippen molar-refractivity contribution >= 4 is 5.97 Å². The molecule has 6 nitrogen and oxygen atoms in total.